The molecular weight excluding hydrogens is 340 g/mol. The van der Waals surface area contributed by atoms with Crippen LogP contribution in [0.25, 0.3) is 0 Å². The highest BCUT2D eigenvalue weighted by Gasteiger charge is 2.25. The Balaban J connectivity index is 2.13. The second kappa shape index (κ2) is 6.95. The number of esters is 1. The fraction of sp³-hybridized carbons (Fsp3) is 0.429. The molecule has 1 saturated heterocycles. The fourth-order valence-electron chi connectivity index (χ4n) is 2.37. The van der Waals surface area contributed by atoms with E-state index in [0.717, 1.165) is 37.3 Å². The molecule has 0 bridgehead atoms. The van der Waals surface area contributed by atoms with Crippen LogP contribution in [0.15, 0.2) is 23.1 Å². The summed E-state index contributed by atoms with van der Waals surface area (Å²) < 4.78 is 27.9. The first kappa shape index (κ1) is 17.9. The third-order valence-electron chi connectivity index (χ3n) is 3.58. The molecule has 2 rings (SSSR count). The van der Waals surface area contributed by atoms with Gasteiger partial charge < -0.3 is 9.64 Å². The maximum absolute atomic E-state index is 11.9. The first-order valence-corrected chi connectivity index (χ1v) is 9.02. The molecule has 130 valence electrons. The van der Waals surface area contributed by atoms with Crippen LogP contribution in [-0.2, 0) is 19.4 Å². The Morgan fingerprint density at radius 3 is 2.46 bits per heavy atom. The molecule has 0 atom stereocenters. The zero-order valence-electron chi connectivity index (χ0n) is 12.9. The van der Waals surface area contributed by atoms with Gasteiger partial charge in [-0.25, -0.2) is 13.2 Å². The number of rotatable bonds is 5. The summed E-state index contributed by atoms with van der Waals surface area (Å²) in [6.07, 6.45) is 2.64. The van der Waals surface area contributed by atoms with Gasteiger partial charge in [0.15, 0.2) is 16.4 Å². The van der Waals surface area contributed by atoms with Crippen LogP contribution in [0.4, 0.5) is 5.69 Å². The molecular formula is C14H16N2O7S. The quantitative estimate of drug-likeness (QED) is 0.434. The molecule has 1 aromatic rings. The number of nitro groups is 1. The standard InChI is InChI=1S/C14H16N2O7S/c1-24(21,22)12-5-4-10(8-11(12)16(19)20)14(18)23-9-13(17)15-6-2-3-7-15/h4-5,8H,2-3,6-7,9H2,1H3. The van der Waals surface area contributed by atoms with E-state index in [2.05, 4.69) is 0 Å². The van der Waals surface area contributed by atoms with E-state index in [1.165, 1.54) is 0 Å². The summed E-state index contributed by atoms with van der Waals surface area (Å²) in [4.78, 5) is 34.9. The number of carbonyl (C=O) groups excluding carboxylic acids is 2. The minimum atomic E-state index is -3.81. The van der Waals surface area contributed by atoms with Crippen LogP contribution >= 0.6 is 0 Å². The third kappa shape index (κ3) is 4.07. The lowest BCUT2D eigenvalue weighted by molar-refractivity contribution is -0.387. The minimum absolute atomic E-state index is 0.191. The van der Waals surface area contributed by atoms with Crippen molar-refractivity contribution < 1.29 is 27.7 Å². The summed E-state index contributed by atoms with van der Waals surface area (Å²) in [6.45, 7) is 0.774. The second-order valence-electron chi connectivity index (χ2n) is 5.38. The molecule has 1 fully saturated rings. The van der Waals surface area contributed by atoms with Gasteiger partial charge in [-0.05, 0) is 25.0 Å². The van der Waals surface area contributed by atoms with E-state index >= 15 is 0 Å². The first-order valence-electron chi connectivity index (χ1n) is 7.13. The van der Waals surface area contributed by atoms with E-state index < -0.39 is 37.9 Å². The van der Waals surface area contributed by atoms with Gasteiger partial charge in [0, 0.05) is 25.4 Å². The topological polar surface area (TPSA) is 124 Å². The Hall–Kier alpha value is -2.49. The van der Waals surface area contributed by atoms with Crippen molar-refractivity contribution in [1.82, 2.24) is 4.90 Å². The molecule has 1 amide bonds. The molecule has 0 N–H and O–H groups in total. The van der Waals surface area contributed by atoms with Gasteiger partial charge >= 0.3 is 5.97 Å². The van der Waals surface area contributed by atoms with Crippen molar-refractivity contribution in [3.8, 4) is 0 Å². The van der Waals surface area contributed by atoms with E-state index in [1.54, 1.807) is 4.90 Å². The molecule has 0 aliphatic carbocycles. The van der Waals surface area contributed by atoms with E-state index in [9.17, 15) is 28.1 Å². The van der Waals surface area contributed by atoms with Crippen LogP contribution in [0.1, 0.15) is 23.2 Å². The van der Waals surface area contributed by atoms with Gasteiger partial charge in [-0.2, -0.15) is 0 Å². The van der Waals surface area contributed by atoms with Crippen molar-refractivity contribution in [1.29, 1.82) is 0 Å². The molecule has 0 unspecified atom stereocenters. The number of nitrogens with zero attached hydrogens (tertiary/aromatic N) is 2. The van der Waals surface area contributed by atoms with Crippen molar-refractivity contribution in [3.63, 3.8) is 0 Å². The largest absolute Gasteiger partial charge is 0.452 e. The molecule has 0 spiro atoms. The molecule has 0 saturated carbocycles. The van der Waals surface area contributed by atoms with Crippen molar-refractivity contribution in [2.24, 2.45) is 0 Å². The molecule has 1 aliphatic heterocycles. The minimum Gasteiger partial charge on any atom is -0.452 e. The predicted octanol–water partition coefficient (Wildman–Crippen LogP) is 0.777. The van der Waals surface area contributed by atoms with E-state index in [-0.39, 0.29) is 11.5 Å². The number of amides is 1. The number of likely N-dealkylation sites (tertiary alicyclic amines) is 1. The van der Waals surface area contributed by atoms with Crippen molar-refractivity contribution in [2.75, 3.05) is 26.0 Å². The molecule has 1 heterocycles. The molecule has 24 heavy (non-hydrogen) atoms. The van der Waals surface area contributed by atoms with Gasteiger partial charge in [-0.15, -0.1) is 0 Å². The Morgan fingerprint density at radius 1 is 1.29 bits per heavy atom. The summed E-state index contributed by atoms with van der Waals surface area (Å²) in [6, 6.07) is 2.93. The molecule has 0 aromatic heterocycles. The van der Waals surface area contributed by atoms with E-state index in [0.29, 0.717) is 13.1 Å². The van der Waals surface area contributed by atoms with Crippen molar-refractivity contribution >= 4 is 27.4 Å². The molecule has 10 heteroatoms. The van der Waals surface area contributed by atoms with Crippen LogP contribution < -0.4 is 0 Å². The first-order chi connectivity index (χ1) is 11.2. The van der Waals surface area contributed by atoms with Crippen molar-refractivity contribution in [2.45, 2.75) is 17.7 Å². The zero-order valence-corrected chi connectivity index (χ0v) is 13.7. The van der Waals surface area contributed by atoms with Gasteiger partial charge in [-0.1, -0.05) is 0 Å². The van der Waals surface area contributed by atoms with Gasteiger partial charge in [0.25, 0.3) is 11.6 Å². The van der Waals surface area contributed by atoms with Crippen LogP contribution in [0, 0.1) is 10.1 Å². The third-order valence-corrected chi connectivity index (χ3v) is 4.72. The lowest BCUT2D eigenvalue weighted by atomic mass is 10.2. The molecule has 1 aliphatic rings. The summed E-state index contributed by atoms with van der Waals surface area (Å²) in [5, 5.41) is 11.0. The lowest BCUT2D eigenvalue weighted by Crippen LogP contribution is -2.32. The van der Waals surface area contributed by atoms with Crippen LogP contribution in [-0.4, -0.2) is 56.1 Å². The predicted molar refractivity (Wildman–Crippen MR) is 82.3 cm³/mol. The van der Waals surface area contributed by atoms with Crippen molar-refractivity contribution in [3.05, 3.63) is 33.9 Å². The lowest BCUT2D eigenvalue weighted by Gasteiger charge is -2.14. The number of carbonyl (C=O) groups is 2. The second-order valence-corrected chi connectivity index (χ2v) is 7.36. The summed E-state index contributed by atoms with van der Waals surface area (Å²) >= 11 is 0. The van der Waals surface area contributed by atoms with Gasteiger partial charge in [0.05, 0.1) is 10.5 Å². The number of hydrogen-bond donors (Lipinski definition) is 0. The summed E-state index contributed by atoms with van der Waals surface area (Å²) in [5.74, 6) is -1.26. The normalized spacial score (nSPS) is 14.5. The van der Waals surface area contributed by atoms with Crippen LogP contribution in [0.2, 0.25) is 0 Å². The van der Waals surface area contributed by atoms with Gasteiger partial charge in [0.2, 0.25) is 0 Å². The Labute approximate surface area is 138 Å². The zero-order chi connectivity index (χ0) is 17.9. The Kier molecular flexibility index (Phi) is 5.17. The highest BCUT2D eigenvalue weighted by Crippen LogP contribution is 2.25. The van der Waals surface area contributed by atoms with Gasteiger partial charge in [-0.3, -0.25) is 14.9 Å². The maximum Gasteiger partial charge on any atom is 0.338 e. The van der Waals surface area contributed by atoms with Crippen LogP contribution in [0.5, 0.6) is 0 Å². The summed E-state index contributed by atoms with van der Waals surface area (Å²) in [7, 11) is -3.81. The molecule has 0 radical (unpaired) electrons. The fourth-order valence-corrected chi connectivity index (χ4v) is 3.20. The average Bonchev–Trinajstić information content (AvgIpc) is 3.05. The number of nitro benzene ring substituents is 1. The highest BCUT2D eigenvalue weighted by molar-refractivity contribution is 7.90. The average molecular weight is 356 g/mol. The monoisotopic (exact) mass is 356 g/mol. The smallest absolute Gasteiger partial charge is 0.338 e. The SMILES string of the molecule is CS(=O)(=O)c1ccc(C(=O)OCC(=O)N2CCCC2)cc1[N+](=O)[O-]. The number of sulfone groups is 1. The van der Waals surface area contributed by atoms with Gasteiger partial charge in [0.1, 0.15) is 4.90 Å². The number of ether oxygens (including phenoxy) is 1. The number of benzene rings is 1. The maximum atomic E-state index is 11.9. The Morgan fingerprint density at radius 2 is 1.92 bits per heavy atom. The van der Waals surface area contributed by atoms with E-state index in [4.69, 9.17) is 4.74 Å². The van der Waals surface area contributed by atoms with Crippen LogP contribution in [0.3, 0.4) is 0 Å². The Bertz CT molecular complexity index is 782. The number of hydrogen-bond acceptors (Lipinski definition) is 7. The highest BCUT2D eigenvalue weighted by atomic mass is 32.2. The molecule has 1 aromatic carbocycles. The molecule has 9 nitrogen and oxygen atoms in total. The summed E-state index contributed by atoms with van der Waals surface area (Å²) in [5.41, 5.74) is -0.902. The van der Waals surface area contributed by atoms with E-state index in [1.807, 2.05) is 0 Å².